The van der Waals surface area contributed by atoms with E-state index in [1.807, 2.05) is 0 Å². The highest BCUT2D eigenvalue weighted by atomic mass is 14.1. The zero-order valence-electron chi connectivity index (χ0n) is 6.11. The lowest BCUT2D eigenvalue weighted by atomic mass is 9.97. The summed E-state index contributed by atoms with van der Waals surface area (Å²) in [4.78, 5) is 0. The van der Waals surface area contributed by atoms with Crippen LogP contribution in [0.2, 0.25) is 0 Å². The fourth-order valence-electron chi connectivity index (χ4n) is 1.18. The summed E-state index contributed by atoms with van der Waals surface area (Å²) in [5.74, 6) is 7.24. The van der Waals surface area contributed by atoms with Crippen LogP contribution in [0.1, 0.15) is 39.0 Å². The Kier molecular flexibility index (Phi) is 2.64. The van der Waals surface area contributed by atoms with Crippen LogP contribution in [-0.4, -0.2) is 0 Å². The molecule has 0 nitrogen and oxygen atoms in total. The monoisotopic (exact) mass is 122 g/mol. The normalized spacial score (nSPS) is 27.4. The molecule has 1 aliphatic carbocycles. The van der Waals surface area contributed by atoms with E-state index in [1.54, 1.807) is 0 Å². The molecular weight excluding hydrogens is 108 g/mol. The number of rotatable bonds is 0. The minimum atomic E-state index is 0.916. The van der Waals surface area contributed by atoms with Crippen molar-refractivity contribution in [2.24, 2.45) is 5.92 Å². The Labute approximate surface area is 57.7 Å². The molecular formula is C9H14. The predicted molar refractivity (Wildman–Crippen MR) is 40.0 cm³/mol. The van der Waals surface area contributed by atoms with E-state index >= 15 is 0 Å². The van der Waals surface area contributed by atoms with E-state index in [-0.39, 0.29) is 0 Å². The Balaban J connectivity index is 2.32. The molecule has 0 N–H and O–H groups in total. The van der Waals surface area contributed by atoms with Crippen molar-refractivity contribution < 1.29 is 0 Å². The van der Waals surface area contributed by atoms with Crippen LogP contribution in [-0.2, 0) is 0 Å². The molecule has 1 atom stereocenters. The molecule has 0 heteroatoms. The summed E-state index contributed by atoms with van der Waals surface area (Å²) in [7, 11) is 0. The molecule has 0 bridgehead atoms. The Morgan fingerprint density at radius 1 is 1.11 bits per heavy atom. The van der Waals surface area contributed by atoms with Crippen LogP contribution < -0.4 is 0 Å². The van der Waals surface area contributed by atoms with Crippen molar-refractivity contribution in [1.82, 2.24) is 0 Å². The Morgan fingerprint density at radius 2 is 1.89 bits per heavy atom. The van der Waals surface area contributed by atoms with Gasteiger partial charge in [0.05, 0.1) is 0 Å². The average Bonchev–Trinajstić information content (AvgIpc) is 1.79. The van der Waals surface area contributed by atoms with Gasteiger partial charge in [0.25, 0.3) is 0 Å². The summed E-state index contributed by atoms with van der Waals surface area (Å²) in [6.45, 7) is 2.33. The number of hydrogen-bond donors (Lipinski definition) is 0. The van der Waals surface area contributed by atoms with Crippen LogP contribution in [0.25, 0.3) is 0 Å². The number of hydrogen-bond acceptors (Lipinski definition) is 0. The maximum atomic E-state index is 3.17. The predicted octanol–water partition coefficient (Wildman–Crippen LogP) is 2.59. The first-order valence-corrected chi connectivity index (χ1v) is 3.85. The summed E-state index contributed by atoms with van der Waals surface area (Å²) in [6, 6.07) is 0. The third-order valence-corrected chi connectivity index (χ3v) is 1.89. The first kappa shape index (κ1) is 6.68. The molecule has 1 unspecified atom stereocenters. The van der Waals surface area contributed by atoms with Crippen LogP contribution in [0.4, 0.5) is 0 Å². The van der Waals surface area contributed by atoms with Gasteiger partial charge in [-0.05, 0) is 25.2 Å². The average molecular weight is 122 g/mol. The summed E-state index contributed by atoms with van der Waals surface area (Å²) < 4.78 is 0. The fraction of sp³-hybridized carbons (Fsp3) is 0.778. The van der Waals surface area contributed by atoms with Gasteiger partial charge in [-0.15, -0.1) is 11.8 Å². The smallest absolute Gasteiger partial charge is 0.00912 e. The lowest BCUT2D eigenvalue weighted by Gasteiger charge is -2.08. The van der Waals surface area contributed by atoms with Gasteiger partial charge in [0.1, 0.15) is 0 Å². The first-order valence-electron chi connectivity index (χ1n) is 3.85. The minimum absolute atomic E-state index is 0.916. The van der Waals surface area contributed by atoms with E-state index in [4.69, 9.17) is 0 Å². The second kappa shape index (κ2) is 3.56. The van der Waals surface area contributed by atoms with Crippen molar-refractivity contribution in [2.75, 3.05) is 0 Å². The lowest BCUT2D eigenvalue weighted by molar-refractivity contribution is 0.481. The maximum Gasteiger partial charge on any atom is 0.00912 e. The second-order valence-electron chi connectivity index (χ2n) is 2.89. The topological polar surface area (TPSA) is 0 Å². The molecule has 0 aromatic carbocycles. The van der Waals surface area contributed by atoms with E-state index in [1.165, 1.54) is 19.3 Å². The van der Waals surface area contributed by atoms with Crippen molar-refractivity contribution in [3.8, 4) is 11.8 Å². The molecule has 0 saturated carbocycles. The van der Waals surface area contributed by atoms with Gasteiger partial charge < -0.3 is 0 Å². The highest BCUT2D eigenvalue weighted by Crippen LogP contribution is 2.14. The van der Waals surface area contributed by atoms with Crippen molar-refractivity contribution >= 4 is 0 Å². The first-order chi connectivity index (χ1) is 4.39. The molecule has 0 saturated heterocycles. The third-order valence-electron chi connectivity index (χ3n) is 1.89. The van der Waals surface area contributed by atoms with Crippen molar-refractivity contribution in [3.05, 3.63) is 0 Å². The van der Waals surface area contributed by atoms with Crippen molar-refractivity contribution in [2.45, 2.75) is 39.0 Å². The molecule has 0 radical (unpaired) electrons. The molecule has 0 aromatic heterocycles. The molecule has 1 aliphatic rings. The Bertz CT molecular complexity index is 125. The summed E-state index contributed by atoms with van der Waals surface area (Å²) in [6.07, 6.45) is 6.27. The Hall–Kier alpha value is -0.440. The molecule has 1 rings (SSSR count). The molecule has 9 heavy (non-hydrogen) atoms. The zero-order chi connectivity index (χ0) is 6.53. The molecule has 0 heterocycles. The van der Waals surface area contributed by atoms with Gasteiger partial charge >= 0.3 is 0 Å². The van der Waals surface area contributed by atoms with Crippen LogP contribution in [0, 0.1) is 17.8 Å². The van der Waals surface area contributed by atoms with Crippen LogP contribution >= 0.6 is 0 Å². The van der Waals surface area contributed by atoms with E-state index in [9.17, 15) is 0 Å². The standard InChI is InChI=1S/C9H14/c1-9-7-5-3-2-4-6-8-9/h9H,3,5-8H2,1H3. The molecule has 0 amide bonds. The third kappa shape index (κ3) is 2.56. The molecule has 0 fully saturated rings. The van der Waals surface area contributed by atoms with E-state index < -0.39 is 0 Å². The van der Waals surface area contributed by atoms with E-state index in [0.29, 0.717) is 0 Å². The largest absolute Gasteiger partial charge is 0.103 e. The van der Waals surface area contributed by atoms with Gasteiger partial charge in [-0.1, -0.05) is 6.92 Å². The van der Waals surface area contributed by atoms with Crippen molar-refractivity contribution in [3.63, 3.8) is 0 Å². The molecule has 0 spiro atoms. The van der Waals surface area contributed by atoms with Crippen LogP contribution in [0.3, 0.4) is 0 Å². The van der Waals surface area contributed by atoms with Crippen LogP contribution in [0.15, 0.2) is 0 Å². The quantitative estimate of drug-likeness (QED) is 0.433. The van der Waals surface area contributed by atoms with Gasteiger partial charge in [-0.3, -0.25) is 0 Å². The van der Waals surface area contributed by atoms with Crippen LogP contribution in [0.5, 0.6) is 0 Å². The Morgan fingerprint density at radius 3 is 2.78 bits per heavy atom. The summed E-state index contributed by atoms with van der Waals surface area (Å²) in [5, 5.41) is 0. The summed E-state index contributed by atoms with van der Waals surface area (Å²) in [5.41, 5.74) is 0. The highest BCUT2D eigenvalue weighted by molar-refractivity contribution is 4.99. The van der Waals surface area contributed by atoms with Gasteiger partial charge in [-0.2, -0.15) is 0 Å². The second-order valence-corrected chi connectivity index (χ2v) is 2.89. The highest BCUT2D eigenvalue weighted by Gasteiger charge is 2.00. The van der Waals surface area contributed by atoms with E-state index in [2.05, 4.69) is 18.8 Å². The molecule has 50 valence electrons. The molecule has 0 aliphatic heterocycles. The minimum Gasteiger partial charge on any atom is -0.103 e. The fourth-order valence-corrected chi connectivity index (χ4v) is 1.18. The lowest BCUT2D eigenvalue weighted by Crippen LogP contribution is -1.95. The molecule has 0 aromatic rings. The SMILES string of the molecule is CC1CCC#CCCC1. The van der Waals surface area contributed by atoms with Gasteiger partial charge in [0, 0.05) is 12.8 Å². The van der Waals surface area contributed by atoms with Crippen molar-refractivity contribution in [1.29, 1.82) is 0 Å². The van der Waals surface area contributed by atoms with Gasteiger partial charge in [0.2, 0.25) is 0 Å². The van der Waals surface area contributed by atoms with E-state index in [0.717, 1.165) is 18.8 Å². The van der Waals surface area contributed by atoms with Gasteiger partial charge in [0.15, 0.2) is 0 Å². The summed E-state index contributed by atoms with van der Waals surface area (Å²) >= 11 is 0. The van der Waals surface area contributed by atoms with Gasteiger partial charge in [-0.25, -0.2) is 0 Å². The zero-order valence-corrected chi connectivity index (χ0v) is 6.11. The maximum absolute atomic E-state index is 3.17.